The van der Waals surface area contributed by atoms with Crippen LogP contribution >= 0.6 is 11.8 Å². The van der Waals surface area contributed by atoms with Gasteiger partial charge in [0.05, 0.1) is 5.56 Å². The predicted molar refractivity (Wildman–Crippen MR) is 127 cm³/mol. The van der Waals surface area contributed by atoms with E-state index in [2.05, 4.69) is 32.8 Å². The molecule has 0 saturated heterocycles. The molecule has 5 aromatic rings. The van der Waals surface area contributed by atoms with Gasteiger partial charge in [0.15, 0.2) is 17.3 Å². The van der Waals surface area contributed by atoms with E-state index in [9.17, 15) is 0 Å². The van der Waals surface area contributed by atoms with Crippen molar-refractivity contribution in [1.82, 2.24) is 29.3 Å². The molecule has 0 atom stereocenters. The number of rotatable bonds is 4. The molecule has 32 heavy (non-hydrogen) atoms. The van der Waals surface area contributed by atoms with Crippen molar-refractivity contribution in [3.05, 3.63) is 72.1 Å². The van der Waals surface area contributed by atoms with Crippen LogP contribution in [0.2, 0.25) is 0 Å². The molecule has 0 radical (unpaired) electrons. The van der Waals surface area contributed by atoms with E-state index >= 15 is 0 Å². The van der Waals surface area contributed by atoms with Gasteiger partial charge in [-0.1, -0.05) is 6.07 Å². The summed E-state index contributed by atoms with van der Waals surface area (Å²) in [7, 11) is 0. The highest BCUT2D eigenvalue weighted by molar-refractivity contribution is 7.98. The SMILES string of the molecule is CSc1ccn(-c2ccc3nc(-c4cccnc4N)n(-c4ccc5c(c4)CCC5)c3n2)n1. The number of fused-ring (bicyclic) bond motifs is 2. The normalized spacial score (nSPS) is 13.0. The first-order chi connectivity index (χ1) is 15.7. The van der Waals surface area contributed by atoms with Crippen molar-refractivity contribution in [2.75, 3.05) is 12.0 Å². The molecule has 7 nitrogen and oxygen atoms in total. The number of aromatic nitrogens is 6. The zero-order chi connectivity index (χ0) is 21.7. The van der Waals surface area contributed by atoms with E-state index in [0.717, 1.165) is 51.9 Å². The molecule has 4 aromatic heterocycles. The topological polar surface area (TPSA) is 87.4 Å². The number of benzene rings is 1. The number of imidazole rings is 1. The van der Waals surface area contributed by atoms with Crippen LogP contribution in [0.15, 0.2) is 66.0 Å². The summed E-state index contributed by atoms with van der Waals surface area (Å²) in [5.74, 6) is 1.92. The second-order valence-corrected chi connectivity index (χ2v) is 8.65. The summed E-state index contributed by atoms with van der Waals surface area (Å²) in [6.45, 7) is 0. The van der Waals surface area contributed by atoms with Crippen LogP contribution in [0.25, 0.3) is 34.1 Å². The summed E-state index contributed by atoms with van der Waals surface area (Å²) in [5, 5.41) is 5.54. The van der Waals surface area contributed by atoms with Gasteiger partial charge in [0.2, 0.25) is 0 Å². The number of nitrogen functional groups attached to an aromatic ring is 1. The Morgan fingerprint density at radius 3 is 2.75 bits per heavy atom. The maximum Gasteiger partial charge on any atom is 0.167 e. The first kappa shape index (κ1) is 19.1. The first-order valence-electron chi connectivity index (χ1n) is 10.5. The molecular weight excluding hydrogens is 418 g/mol. The molecule has 0 aliphatic heterocycles. The summed E-state index contributed by atoms with van der Waals surface area (Å²) in [6.07, 6.45) is 9.07. The smallest absolute Gasteiger partial charge is 0.167 e. The number of thioether (sulfide) groups is 1. The molecule has 0 saturated carbocycles. The first-order valence-corrected chi connectivity index (χ1v) is 11.8. The van der Waals surface area contributed by atoms with Gasteiger partial charge in [0.1, 0.15) is 16.4 Å². The van der Waals surface area contributed by atoms with Gasteiger partial charge in [-0.15, -0.1) is 11.8 Å². The molecule has 2 N–H and O–H groups in total. The van der Waals surface area contributed by atoms with Crippen molar-refractivity contribution in [2.24, 2.45) is 0 Å². The Labute approximate surface area is 189 Å². The zero-order valence-electron chi connectivity index (χ0n) is 17.6. The van der Waals surface area contributed by atoms with Gasteiger partial charge < -0.3 is 5.73 Å². The van der Waals surface area contributed by atoms with Crippen LogP contribution in [0, 0.1) is 0 Å². The van der Waals surface area contributed by atoms with E-state index in [1.165, 1.54) is 17.5 Å². The standard InChI is InChI=1S/C24H21N7S/c1-32-21-11-13-30(29-21)20-10-9-19-24(28-20)31(17-8-7-15-4-2-5-16(15)14-17)23(27-19)18-6-3-12-26-22(18)25/h3,6-14H,2,4-5H2,1H3,(H2,25,26). The molecule has 6 rings (SSSR count). The fourth-order valence-electron chi connectivity index (χ4n) is 4.35. The lowest BCUT2D eigenvalue weighted by atomic mass is 10.1. The fourth-order valence-corrected chi connectivity index (χ4v) is 4.71. The van der Waals surface area contributed by atoms with Crippen molar-refractivity contribution in [1.29, 1.82) is 0 Å². The highest BCUT2D eigenvalue weighted by atomic mass is 32.2. The number of nitrogens with zero attached hydrogens (tertiary/aromatic N) is 6. The van der Waals surface area contributed by atoms with Crippen molar-refractivity contribution in [3.8, 4) is 22.9 Å². The summed E-state index contributed by atoms with van der Waals surface area (Å²) in [5.41, 5.74) is 12.4. The average molecular weight is 440 g/mol. The Balaban J connectivity index is 1.61. The minimum Gasteiger partial charge on any atom is -0.383 e. The molecular formula is C24H21N7S. The predicted octanol–water partition coefficient (Wildman–Crippen LogP) is 4.46. The molecule has 0 amide bonds. The minimum atomic E-state index is 0.446. The Hall–Kier alpha value is -3.65. The van der Waals surface area contributed by atoms with Crippen LogP contribution in [-0.2, 0) is 12.8 Å². The average Bonchev–Trinajstić information content (AvgIpc) is 3.56. The van der Waals surface area contributed by atoms with E-state index < -0.39 is 0 Å². The molecule has 1 aliphatic carbocycles. The van der Waals surface area contributed by atoms with Gasteiger partial charge in [0, 0.05) is 18.1 Å². The van der Waals surface area contributed by atoms with Gasteiger partial charge in [0.25, 0.3) is 0 Å². The second-order valence-electron chi connectivity index (χ2n) is 7.83. The lowest BCUT2D eigenvalue weighted by Gasteiger charge is -2.12. The van der Waals surface area contributed by atoms with Crippen LogP contribution < -0.4 is 5.73 Å². The van der Waals surface area contributed by atoms with E-state index in [1.54, 1.807) is 22.6 Å². The van der Waals surface area contributed by atoms with Gasteiger partial charge in [-0.05, 0) is 79.1 Å². The molecule has 0 unspecified atom stereocenters. The summed E-state index contributed by atoms with van der Waals surface area (Å²) >= 11 is 1.60. The molecule has 8 heteroatoms. The van der Waals surface area contributed by atoms with E-state index in [4.69, 9.17) is 15.7 Å². The molecule has 1 aliphatic rings. The number of aryl methyl sites for hydroxylation is 2. The molecule has 0 fully saturated rings. The maximum atomic E-state index is 6.25. The third-order valence-corrected chi connectivity index (χ3v) is 6.55. The maximum absolute atomic E-state index is 6.25. The highest BCUT2D eigenvalue weighted by Gasteiger charge is 2.20. The molecule has 4 heterocycles. The van der Waals surface area contributed by atoms with Crippen molar-refractivity contribution >= 4 is 28.7 Å². The van der Waals surface area contributed by atoms with Crippen LogP contribution in [0.3, 0.4) is 0 Å². The second kappa shape index (κ2) is 7.49. The lowest BCUT2D eigenvalue weighted by Crippen LogP contribution is -2.04. The van der Waals surface area contributed by atoms with Gasteiger partial charge in [-0.2, -0.15) is 5.10 Å². The zero-order valence-corrected chi connectivity index (χ0v) is 18.4. The third-order valence-electron chi connectivity index (χ3n) is 5.92. The Kier molecular flexibility index (Phi) is 4.46. The number of pyridine rings is 2. The van der Waals surface area contributed by atoms with Crippen LogP contribution in [0.4, 0.5) is 5.82 Å². The fraction of sp³-hybridized carbons (Fsp3) is 0.167. The summed E-state index contributed by atoms with van der Waals surface area (Å²) < 4.78 is 3.88. The number of anilines is 1. The van der Waals surface area contributed by atoms with E-state index in [0.29, 0.717) is 5.82 Å². The monoisotopic (exact) mass is 439 g/mol. The van der Waals surface area contributed by atoms with Crippen LogP contribution in [-0.4, -0.2) is 35.6 Å². The molecule has 0 spiro atoms. The van der Waals surface area contributed by atoms with E-state index in [-0.39, 0.29) is 0 Å². The quantitative estimate of drug-likeness (QED) is 0.416. The Morgan fingerprint density at radius 1 is 1.00 bits per heavy atom. The van der Waals surface area contributed by atoms with Crippen molar-refractivity contribution < 1.29 is 0 Å². The lowest BCUT2D eigenvalue weighted by molar-refractivity contribution is 0.813. The number of hydrogen-bond acceptors (Lipinski definition) is 6. The minimum absolute atomic E-state index is 0.446. The largest absolute Gasteiger partial charge is 0.383 e. The molecule has 0 bridgehead atoms. The third kappa shape index (κ3) is 3.06. The summed E-state index contributed by atoms with van der Waals surface area (Å²) in [4.78, 5) is 14.2. The molecule has 1 aromatic carbocycles. The van der Waals surface area contributed by atoms with Crippen molar-refractivity contribution in [2.45, 2.75) is 24.3 Å². The van der Waals surface area contributed by atoms with E-state index in [1.807, 2.05) is 42.8 Å². The Morgan fingerprint density at radius 2 is 1.91 bits per heavy atom. The van der Waals surface area contributed by atoms with Gasteiger partial charge in [-0.3, -0.25) is 4.57 Å². The van der Waals surface area contributed by atoms with Crippen LogP contribution in [0.1, 0.15) is 17.5 Å². The van der Waals surface area contributed by atoms with Gasteiger partial charge in [-0.25, -0.2) is 19.6 Å². The summed E-state index contributed by atoms with van der Waals surface area (Å²) in [6, 6.07) is 16.4. The number of nitrogens with two attached hydrogens (primary N) is 1. The van der Waals surface area contributed by atoms with Crippen molar-refractivity contribution in [3.63, 3.8) is 0 Å². The molecule has 158 valence electrons. The highest BCUT2D eigenvalue weighted by Crippen LogP contribution is 2.32. The Bertz CT molecular complexity index is 1470. The number of hydrogen-bond donors (Lipinski definition) is 1. The van der Waals surface area contributed by atoms with Gasteiger partial charge >= 0.3 is 0 Å². The van der Waals surface area contributed by atoms with Crippen LogP contribution in [0.5, 0.6) is 0 Å².